The van der Waals surface area contributed by atoms with E-state index in [4.69, 9.17) is 17.3 Å². The Morgan fingerprint density at radius 3 is 2.50 bits per heavy atom. The second-order valence-electron chi connectivity index (χ2n) is 5.38. The zero-order valence-corrected chi connectivity index (χ0v) is 12.1. The minimum atomic E-state index is 0.577. The Labute approximate surface area is 115 Å². The quantitative estimate of drug-likeness (QED) is 0.836. The van der Waals surface area contributed by atoms with Crippen LogP contribution in [-0.4, -0.2) is 42.0 Å². The van der Waals surface area contributed by atoms with Gasteiger partial charge in [-0.25, -0.2) is 0 Å². The molecule has 1 fully saturated rings. The first-order valence-electron chi connectivity index (χ1n) is 6.46. The highest BCUT2D eigenvalue weighted by Gasteiger charge is 2.26. The Bertz CT molecular complexity index is 410. The molecule has 0 aliphatic carbocycles. The van der Waals surface area contributed by atoms with Gasteiger partial charge in [-0.15, -0.1) is 0 Å². The molecule has 1 heterocycles. The second-order valence-corrected chi connectivity index (χ2v) is 5.76. The molecule has 1 aromatic carbocycles. The Balaban J connectivity index is 2.08. The molecule has 0 bridgehead atoms. The summed E-state index contributed by atoms with van der Waals surface area (Å²) in [6.45, 7) is 7.57. The van der Waals surface area contributed by atoms with Crippen LogP contribution in [0.25, 0.3) is 0 Å². The van der Waals surface area contributed by atoms with Gasteiger partial charge in [-0.3, -0.25) is 9.80 Å². The Kier molecular flexibility index (Phi) is 4.15. The van der Waals surface area contributed by atoms with E-state index in [1.165, 1.54) is 0 Å². The topological polar surface area (TPSA) is 32.5 Å². The number of rotatable bonds is 2. The first-order valence-corrected chi connectivity index (χ1v) is 6.84. The van der Waals surface area contributed by atoms with Crippen molar-refractivity contribution in [2.75, 3.05) is 25.9 Å². The summed E-state index contributed by atoms with van der Waals surface area (Å²) < 4.78 is 0. The van der Waals surface area contributed by atoms with E-state index in [0.29, 0.717) is 22.8 Å². The summed E-state index contributed by atoms with van der Waals surface area (Å²) in [7, 11) is 2.19. The molecule has 0 radical (unpaired) electrons. The predicted octanol–water partition coefficient (Wildman–Crippen LogP) is 2.45. The van der Waals surface area contributed by atoms with Crippen LogP contribution in [0.1, 0.15) is 19.4 Å². The highest BCUT2D eigenvalue weighted by atomic mass is 35.5. The van der Waals surface area contributed by atoms with Crippen LogP contribution in [0, 0.1) is 0 Å². The molecule has 4 heteroatoms. The summed E-state index contributed by atoms with van der Waals surface area (Å²) in [6, 6.07) is 7.04. The van der Waals surface area contributed by atoms with Crippen LogP contribution in [0.3, 0.4) is 0 Å². The highest BCUT2D eigenvalue weighted by Crippen LogP contribution is 2.25. The van der Waals surface area contributed by atoms with Crippen LogP contribution >= 0.6 is 11.6 Å². The Morgan fingerprint density at radius 1 is 1.28 bits per heavy atom. The minimum Gasteiger partial charge on any atom is -0.398 e. The lowest BCUT2D eigenvalue weighted by Gasteiger charge is -2.42. The van der Waals surface area contributed by atoms with Crippen LogP contribution in [0.15, 0.2) is 18.2 Å². The predicted molar refractivity (Wildman–Crippen MR) is 77.8 cm³/mol. The largest absolute Gasteiger partial charge is 0.398 e. The average molecular weight is 268 g/mol. The lowest BCUT2D eigenvalue weighted by molar-refractivity contribution is 0.0556. The maximum atomic E-state index is 6.25. The first-order chi connectivity index (χ1) is 8.49. The number of anilines is 1. The molecular formula is C14H22ClN3. The Hall–Kier alpha value is -0.770. The van der Waals surface area contributed by atoms with Gasteiger partial charge in [0.2, 0.25) is 0 Å². The van der Waals surface area contributed by atoms with Gasteiger partial charge in [0.25, 0.3) is 0 Å². The molecule has 0 amide bonds. The van der Waals surface area contributed by atoms with Gasteiger partial charge in [0.05, 0.1) is 10.7 Å². The molecule has 2 unspecified atom stereocenters. The molecule has 0 spiro atoms. The lowest BCUT2D eigenvalue weighted by Crippen LogP contribution is -2.54. The standard InChI is InChI=1S/C14H22ClN3/c1-10-7-18(8-11(2)17(10)3)9-12-5-4-6-13(16)14(12)15/h4-6,10-11H,7-9,16H2,1-3H3. The molecule has 1 aliphatic rings. The summed E-state index contributed by atoms with van der Waals surface area (Å²) in [5.74, 6) is 0. The molecule has 100 valence electrons. The molecule has 2 atom stereocenters. The molecule has 18 heavy (non-hydrogen) atoms. The number of benzene rings is 1. The molecule has 3 nitrogen and oxygen atoms in total. The summed E-state index contributed by atoms with van der Waals surface area (Å²) in [5, 5.41) is 0.705. The van der Waals surface area contributed by atoms with Crippen molar-refractivity contribution in [3.63, 3.8) is 0 Å². The average Bonchev–Trinajstić information content (AvgIpc) is 2.32. The van der Waals surface area contributed by atoms with Gasteiger partial charge in [0.15, 0.2) is 0 Å². The van der Waals surface area contributed by atoms with Gasteiger partial charge in [-0.05, 0) is 32.5 Å². The van der Waals surface area contributed by atoms with Crippen molar-refractivity contribution in [1.29, 1.82) is 0 Å². The molecule has 1 saturated heterocycles. The van der Waals surface area contributed by atoms with E-state index in [-0.39, 0.29) is 0 Å². The van der Waals surface area contributed by atoms with Crippen LogP contribution in [0.5, 0.6) is 0 Å². The fraction of sp³-hybridized carbons (Fsp3) is 0.571. The smallest absolute Gasteiger partial charge is 0.0680 e. The fourth-order valence-corrected chi connectivity index (χ4v) is 2.79. The van der Waals surface area contributed by atoms with Crippen molar-refractivity contribution >= 4 is 17.3 Å². The first kappa shape index (κ1) is 13.7. The minimum absolute atomic E-state index is 0.577. The Morgan fingerprint density at radius 2 is 1.89 bits per heavy atom. The summed E-state index contributed by atoms with van der Waals surface area (Å²) >= 11 is 6.25. The maximum absolute atomic E-state index is 6.25. The zero-order valence-electron chi connectivity index (χ0n) is 11.4. The van der Waals surface area contributed by atoms with Gasteiger partial charge >= 0.3 is 0 Å². The summed E-state index contributed by atoms with van der Waals surface area (Å²) in [4.78, 5) is 4.88. The van der Waals surface area contributed by atoms with E-state index >= 15 is 0 Å². The van der Waals surface area contributed by atoms with E-state index in [1.54, 1.807) is 0 Å². The molecule has 2 rings (SSSR count). The van der Waals surface area contributed by atoms with Crippen molar-refractivity contribution in [2.24, 2.45) is 0 Å². The number of nitrogens with two attached hydrogens (primary N) is 1. The highest BCUT2D eigenvalue weighted by molar-refractivity contribution is 6.33. The van der Waals surface area contributed by atoms with E-state index < -0.39 is 0 Å². The number of likely N-dealkylation sites (N-methyl/N-ethyl adjacent to an activating group) is 1. The number of nitrogen functional groups attached to an aromatic ring is 1. The fourth-order valence-electron chi connectivity index (χ4n) is 2.61. The number of piperazine rings is 1. The van der Waals surface area contributed by atoms with Crippen molar-refractivity contribution in [1.82, 2.24) is 9.80 Å². The van der Waals surface area contributed by atoms with E-state index in [0.717, 1.165) is 25.2 Å². The third kappa shape index (κ3) is 2.79. The van der Waals surface area contributed by atoms with Crippen LogP contribution in [0.4, 0.5) is 5.69 Å². The van der Waals surface area contributed by atoms with Crippen LogP contribution in [0.2, 0.25) is 5.02 Å². The van der Waals surface area contributed by atoms with Crippen molar-refractivity contribution in [3.8, 4) is 0 Å². The van der Waals surface area contributed by atoms with Crippen molar-refractivity contribution < 1.29 is 0 Å². The van der Waals surface area contributed by atoms with Gasteiger partial charge < -0.3 is 5.73 Å². The molecule has 2 N–H and O–H groups in total. The van der Waals surface area contributed by atoms with Crippen molar-refractivity contribution in [2.45, 2.75) is 32.5 Å². The van der Waals surface area contributed by atoms with Crippen LogP contribution < -0.4 is 5.73 Å². The van der Waals surface area contributed by atoms with Gasteiger partial charge in [0.1, 0.15) is 0 Å². The molecule has 1 aromatic rings. The van der Waals surface area contributed by atoms with Crippen molar-refractivity contribution in [3.05, 3.63) is 28.8 Å². The van der Waals surface area contributed by atoms with E-state index in [2.05, 4.69) is 36.8 Å². The zero-order chi connectivity index (χ0) is 13.3. The monoisotopic (exact) mass is 267 g/mol. The number of hydrogen-bond donors (Lipinski definition) is 1. The SMILES string of the molecule is CC1CN(Cc2cccc(N)c2Cl)CC(C)N1C. The summed E-state index contributed by atoms with van der Waals surface area (Å²) in [6.07, 6.45) is 0. The second kappa shape index (κ2) is 5.47. The molecule has 1 aliphatic heterocycles. The van der Waals surface area contributed by atoms with E-state index in [1.807, 2.05) is 12.1 Å². The van der Waals surface area contributed by atoms with Crippen LogP contribution in [-0.2, 0) is 6.54 Å². The summed E-state index contributed by atoms with van der Waals surface area (Å²) in [5.41, 5.74) is 7.64. The maximum Gasteiger partial charge on any atom is 0.0680 e. The molecular weight excluding hydrogens is 246 g/mol. The molecule has 0 aromatic heterocycles. The number of hydrogen-bond acceptors (Lipinski definition) is 3. The van der Waals surface area contributed by atoms with Gasteiger partial charge in [-0.2, -0.15) is 0 Å². The lowest BCUT2D eigenvalue weighted by atomic mass is 10.1. The van der Waals surface area contributed by atoms with Gasteiger partial charge in [0, 0.05) is 31.7 Å². The normalized spacial score (nSPS) is 26.4. The third-order valence-corrected chi connectivity index (χ3v) is 4.40. The number of nitrogens with zero attached hydrogens (tertiary/aromatic N) is 2. The third-order valence-electron chi connectivity index (χ3n) is 3.94. The van der Waals surface area contributed by atoms with E-state index in [9.17, 15) is 0 Å². The number of halogens is 1. The molecule has 0 saturated carbocycles. The van der Waals surface area contributed by atoms with Gasteiger partial charge in [-0.1, -0.05) is 23.7 Å².